The molecule has 7 heteroatoms. The van der Waals surface area contributed by atoms with Crippen molar-refractivity contribution >= 4 is 23.3 Å². The number of hydrogen-bond donors (Lipinski definition) is 1. The number of esters is 1. The molecule has 0 radical (unpaired) electrons. The first-order valence-electron chi connectivity index (χ1n) is 6.22. The van der Waals surface area contributed by atoms with Gasteiger partial charge >= 0.3 is 5.97 Å². The quantitative estimate of drug-likeness (QED) is 0.692. The summed E-state index contributed by atoms with van der Waals surface area (Å²) in [6, 6.07) is 4.72. The van der Waals surface area contributed by atoms with Crippen molar-refractivity contribution in [1.82, 2.24) is 9.78 Å². The van der Waals surface area contributed by atoms with E-state index in [4.69, 9.17) is 26.8 Å². The number of carbonyl (C=O) groups is 1. The average Bonchev–Trinajstić information content (AvgIpc) is 2.69. The Balaban J connectivity index is 2.13. The highest BCUT2D eigenvalue weighted by Gasteiger charge is 2.15. The molecule has 1 heterocycles. The molecule has 2 rings (SSSR count). The Morgan fingerprint density at radius 3 is 2.71 bits per heavy atom. The molecule has 0 aliphatic carbocycles. The summed E-state index contributed by atoms with van der Waals surface area (Å²) in [5.41, 5.74) is 7.78. The van der Waals surface area contributed by atoms with Gasteiger partial charge in [0.2, 0.25) is 0 Å². The van der Waals surface area contributed by atoms with Gasteiger partial charge in [-0.3, -0.25) is 4.68 Å². The number of rotatable bonds is 4. The second-order valence-electron chi connectivity index (χ2n) is 4.54. The van der Waals surface area contributed by atoms with Crippen LogP contribution in [0.3, 0.4) is 0 Å². The maximum atomic E-state index is 12.1. The molecule has 0 saturated carbocycles. The summed E-state index contributed by atoms with van der Waals surface area (Å²) in [6.45, 7) is 1.82. The molecule has 0 aliphatic heterocycles. The van der Waals surface area contributed by atoms with Crippen molar-refractivity contribution in [3.05, 3.63) is 40.2 Å². The Bertz CT molecular complexity index is 682. The number of nitrogens with zero attached hydrogens (tertiary/aromatic N) is 2. The summed E-state index contributed by atoms with van der Waals surface area (Å²) in [6.07, 6.45) is 0. The first-order valence-corrected chi connectivity index (χ1v) is 6.59. The number of hydrogen-bond acceptors (Lipinski definition) is 5. The topological polar surface area (TPSA) is 79.4 Å². The van der Waals surface area contributed by atoms with Crippen molar-refractivity contribution in [2.45, 2.75) is 13.5 Å². The standard InChI is InChI=1S/C14H16ClN3O3/c1-8-13(15)12(18(2)17-8)7-21-14(19)9-4-10(16)6-11(5-9)20-3/h4-6H,7,16H2,1-3H3. The fraction of sp³-hybridized carbons (Fsp3) is 0.286. The van der Waals surface area contributed by atoms with Crippen LogP contribution in [0.25, 0.3) is 0 Å². The van der Waals surface area contributed by atoms with E-state index in [-0.39, 0.29) is 6.61 Å². The normalized spacial score (nSPS) is 10.5. The molecule has 112 valence electrons. The van der Waals surface area contributed by atoms with E-state index in [0.29, 0.717) is 33.4 Å². The smallest absolute Gasteiger partial charge is 0.338 e. The van der Waals surface area contributed by atoms with E-state index >= 15 is 0 Å². The fourth-order valence-electron chi connectivity index (χ4n) is 1.91. The molecule has 1 aromatic heterocycles. The Labute approximate surface area is 127 Å². The van der Waals surface area contributed by atoms with Crippen LogP contribution in [0.5, 0.6) is 5.75 Å². The van der Waals surface area contributed by atoms with Gasteiger partial charge in [0.05, 0.1) is 29.1 Å². The number of nitrogens with two attached hydrogens (primary N) is 1. The molecular weight excluding hydrogens is 294 g/mol. The van der Waals surface area contributed by atoms with Crippen molar-refractivity contribution < 1.29 is 14.3 Å². The van der Waals surface area contributed by atoms with Gasteiger partial charge in [0.15, 0.2) is 0 Å². The average molecular weight is 310 g/mol. The first kappa shape index (κ1) is 15.2. The lowest BCUT2D eigenvalue weighted by Crippen LogP contribution is -2.09. The Morgan fingerprint density at radius 2 is 2.14 bits per heavy atom. The van der Waals surface area contributed by atoms with Crippen molar-refractivity contribution in [2.24, 2.45) is 7.05 Å². The van der Waals surface area contributed by atoms with Gasteiger partial charge in [-0.1, -0.05) is 11.6 Å². The van der Waals surface area contributed by atoms with Gasteiger partial charge < -0.3 is 15.2 Å². The van der Waals surface area contributed by atoms with Gasteiger partial charge in [-0.05, 0) is 19.1 Å². The van der Waals surface area contributed by atoms with E-state index in [1.807, 2.05) is 0 Å². The van der Waals surface area contributed by atoms with Gasteiger partial charge in [-0.15, -0.1) is 0 Å². The van der Waals surface area contributed by atoms with E-state index in [9.17, 15) is 4.79 Å². The Morgan fingerprint density at radius 1 is 1.43 bits per heavy atom. The number of halogens is 1. The SMILES string of the molecule is COc1cc(N)cc(C(=O)OCc2c(Cl)c(C)nn2C)c1. The Hall–Kier alpha value is -2.21. The van der Waals surface area contributed by atoms with Crippen LogP contribution in [0.15, 0.2) is 18.2 Å². The van der Waals surface area contributed by atoms with E-state index in [1.54, 1.807) is 30.8 Å². The Kier molecular flexibility index (Phi) is 4.37. The zero-order chi connectivity index (χ0) is 15.6. The number of nitrogen functional groups attached to an aromatic ring is 1. The highest BCUT2D eigenvalue weighted by Crippen LogP contribution is 2.22. The fourth-order valence-corrected chi connectivity index (χ4v) is 2.13. The third kappa shape index (κ3) is 3.28. The van der Waals surface area contributed by atoms with E-state index in [1.165, 1.54) is 13.2 Å². The molecule has 0 saturated heterocycles. The minimum absolute atomic E-state index is 0.0339. The molecule has 1 aromatic carbocycles. The molecule has 0 atom stereocenters. The summed E-state index contributed by atoms with van der Waals surface area (Å²) in [5.74, 6) is -0.00752. The number of aromatic nitrogens is 2. The molecule has 2 aromatic rings. The summed E-state index contributed by atoms with van der Waals surface area (Å²) in [4.78, 5) is 12.1. The summed E-state index contributed by atoms with van der Waals surface area (Å²) < 4.78 is 11.9. The molecule has 0 bridgehead atoms. The van der Waals surface area contributed by atoms with Crippen LogP contribution >= 0.6 is 11.6 Å². The van der Waals surface area contributed by atoms with Crippen molar-refractivity contribution in [3.63, 3.8) is 0 Å². The van der Waals surface area contributed by atoms with E-state index in [0.717, 1.165) is 0 Å². The van der Waals surface area contributed by atoms with Crippen LogP contribution in [-0.2, 0) is 18.4 Å². The lowest BCUT2D eigenvalue weighted by molar-refractivity contribution is 0.0463. The third-order valence-electron chi connectivity index (χ3n) is 3.00. The zero-order valence-electron chi connectivity index (χ0n) is 12.0. The van der Waals surface area contributed by atoms with Gasteiger partial charge in [-0.25, -0.2) is 4.79 Å². The van der Waals surface area contributed by atoms with Gasteiger partial charge in [0.25, 0.3) is 0 Å². The third-order valence-corrected chi connectivity index (χ3v) is 3.49. The molecule has 0 spiro atoms. The molecule has 0 unspecified atom stereocenters. The van der Waals surface area contributed by atoms with Crippen LogP contribution in [-0.4, -0.2) is 22.9 Å². The predicted molar refractivity (Wildman–Crippen MR) is 79.5 cm³/mol. The van der Waals surface area contributed by atoms with Gasteiger partial charge in [0, 0.05) is 18.8 Å². The second-order valence-corrected chi connectivity index (χ2v) is 4.92. The van der Waals surface area contributed by atoms with Crippen LogP contribution in [0, 0.1) is 6.92 Å². The maximum Gasteiger partial charge on any atom is 0.338 e. The summed E-state index contributed by atoms with van der Waals surface area (Å²) in [7, 11) is 3.24. The molecule has 0 fully saturated rings. The number of carbonyl (C=O) groups excluding carboxylic acids is 1. The predicted octanol–water partition coefficient (Wildman–Crippen LogP) is 2.33. The first-order chi connectivity index (χ1) is 9.92. The number of anilines is 1. The molecule has 2 N–H and O–H groups in total. The summed E-state index contributed by atoms with van der Waals surface area (Å²) >= 11 is 6.10. The highest BCUT2D eigenvalue weighted by atomic mass is 35.5. The lowest BCUT2D eigenvalue weighted by Gasteiger charge is -2.08. The molecule has 21 heavy (non-hydrogen) atoms. The molecule has 0 amide bonds. The summed E-state index contributed by atoms with van der Waals surface area (Å²) in [5, 5.41) is 4.65. The van der Waals surface area contributed by atoms with Crippen molar-refractivity contribution in [2.75, 3.05) is 12.8 Å². The van der Waals surface area contributed by atoms with Crippen LogP contribution in [0.2, 0.25) is 5.02 Å². The molecule has 6 nitrogen and oxygen atoms in total. The van der Waals surface area contributed by atoms with Crippen molar-refractivity contribution in [1.29, 1.82) is 0 Å². The number of methoxy groups -OCH3 is 1. The highest BCUT2D eigenvalue weighted by molar-refractivity contribution is 6.31. The van der Waals surface area contributed by atoms with Crippen LogP contribution < -0.4 is 10.5 Å². The minimum atomic E-state index is -0.504. The number of aryl methyl sites for hydroxylation is 2. The maximum absolute atomic E-state index is 12.1. The lowest BCUT2D eigenvalue weighted by atomic mass is 10.2. The van der Waals surface area contributed by atoms with E-state index < -0.39 is 5.97 Å². The van der Waals surface area contributed by atoms with Gasteiger partial charge in [-0.2, -0.15) is 5.10 Å². The molecule has 0 aliphatic rings. The molecular formula is C14H16ClN3O3. The van der Waals surface area contributed by atoms with Gasteiger partial charge in [0.1, 0.15) is 12.4 Å². The monoisotopic (exact) mass is 309 g/mol. The number of ether oxygens (including phenoxy) is 2. The largest absolute Gasteiger partial charge is 0.497 e. The minimum Gasteiger partial charge on any atom is -0.497 e. The number of benzene rings is 1. The van der Waals surface area contributed by atoms with Crippen molar-refractivity contribution in [3.8, 4) is 5.75 Å². The second kappa shape index (κ2) is 6.05. The van der Waals surface area contributed by atoms with Crippen LogP contribution in [0.1, 0.15) is 21.7 Å². The van der Waals surface area contributed by atoms with E-state index in [2.05, 4.69) is 5.10 Å². The zero-order valence-corrected chi connectivity index (χ0v) is 12.8. The van der Waals surface area contributed by atoms with Crippen LogP contribution in [0.4, 0.5) is 5.69 Å².